The van der Waals surface area contributed by atoms with E-state index in [1.807, 2.05) is 12.1 Å². The molecule has 2 fully saturated rings. The van der Waals surface area contributed by atoms with E-state index < -0.39 is 0 Å². The summed E-state index contributed by atoms with van der Waals surface area (Å²) in [6, 6.07) is 3.65. The van der Waals surface area contributed by atoms with Gasteiger partial charge in [0.15, 0.2) is 5.82 Å². The van der Waals surface area contributed by atoms with Gasteiger partial charge in [-0.1, -0.05) is 13.8 Å². The number of amides is 1. The highest BCUT2D eigenvalue weighted by atomic mass is 16.1. The first-order valence-corrected chi connectivity index (χ1v) is 9.42. The van der Waals surface area contributed by atoms with Crippen molar-refractivity contribution in [2.75, 3.05) is 25.0 Å². The summed E-state index contributed by atoms with van der Waals surface area (Å²) in [5, 5.41) is 10.3. The highest BCUT2D eigenvalue weighted by Gasteiger charge is 2.45. The summed E-state index contributed by atoms with van der Waals surface area (Å²) < 4.78 is 0. The van der Waals surface area contributed by atoms with Gasteiger partial charge in [-0.2, -0.15) is 5.10 Å². The van der Waals surface area contributed by atoms with E-state index in [0.29, 0.717) is 23.3 Å². The summed E-state index contributed by atoms with van der Waals surface area (Å²) in [5.74, 6) is 4.41. The molecule has 138 valence electrons. The van der Waals surface area contributed by atoms with Gasteiger partial charge in [-0.3, -0.25) is 9.89 Å². The molecule has 1 aliphatic heterocycles. The molecule has 26 heavy (non-hydrogen) atoms. The van der Waals surface area contributed by atoms with E-state index in [9.17, 15) is 4.79 Å². The lowest BCUT2D eigenvalue weighted by molar-refractivity contribution is 0.0963. The molecule has 4 rings (SSSR count). The normalized spacial score (nSPS) is 22.8. The Balaban J connectivity index is 1.63. The highest BCUT2D eigenvalue weighted by Crippen LogP contribution is 2.47. The minimum atomic E-state index is -0.0960. The number of H-pyrrole nitrogens is 1. The number of hydrogen-bond donors (Lipinski definition) is 2. The van der Waals surface area contributed by atoms with E-state index in [4.69, 9.17) is 4.98 Å². The van der Waals surface area contributed by atoms with Crippen LogP contribution in [0.3, 0.4) is 0 Å². The first-order chi connectivity index (χ1) is 12.6. The Morgan fingerprint density at radius 1 is 1.35 bits per heavy atom. The topological polar surface area (TPSA) is 86.8 Å². The maximum absolute atomic E-state index is 12.2. The predicted molar refractivity (Wildman–Crippen MR) is 99.3 cm³/mol. The van der Waals surface area contributed by atoms with Gasteiger partial charge >= 0.3 is 0 Å². The van der Waals surface area contributed by atoms with E-state index >= 15 is 0 Å². The molecule has 1 saturated heterocycles. The maximum atomic E-state index is 12.2. The third-order valence-electron chi connectivity index (χ3n) is 5.54. The van der Waals surface area contributed by atoms with Crippen LogP contribution >= 0.6 is 0 Å². The van der Waals surface area contributed by atoms with Gasteiger partial charge in [0, 0.05) is 38.2 Å². The zero-order chi connectivity index (χ0) is 18.3. The SMILES string of the molecule is CNC(=O)c1cccnc1N1C[C@H](c2nc(C(C)C)n[nH]2)[C@@H](C2CC2)C1. The third kappa shape index (κ3) is 3.06. The van der Waals surface area contributed by atoms with Crippen molar-refractivity contribution < 1.29 is 4.79 Å². The lowest BCUT2D eigenvalue weighted by Crippen LogP contribution is -2.27. The Morgan fingerprint density at radius 2 is 2.15 bits per heavy atom. The molecule has 1 aliphatic carbocycles. The van der Waals surface area contributed by atoms with Crippen molar-refractivity contribution in [3.63, 3.8) is 0 Å². The number of anilines is 1. The van der Waals surface area contributed by atoms with Gasteiger partial charge < -0.3 is 10.2 Å². The minimum absolute atomic E-state index is 0.0960. The molecule has 2 aromatic heterocycles. The number of nitrogens with one attached hydrogen (secondary N) is 2. The molecule has 0 unspecified atom stereocenters. The van der Waals surface area contributed by atoms with Gasteiger partial charge in [0.05, 0.1) is 5.56 Å². The molecule has 0 aromatic carbocycles. The van der Waals surface area contributed by atoms with Crippen LogP contribution in [0, 0.1) is 11.8 Å². The van der Waals surface area contributed by atoms with Crippen LogP contribution in [-0.4, -0.2) is 46.2 Å². The van der Waals surface area contributed by atoms with Crippen LogP contribution in [0.5, 0.6) is 0 Å². The molecule has 0 radical (unpaired) electrons. The summed E-state index contributed by atoms with van der Waals surface area (Å²) in [5.41, 5.74) is 0.630. The van der Waals surface area contributed by atoms with Crippen molar-refractivity contribution >= 4 is 11.7 Å². The molecule has 3 heterocycles. The molecular formula is C19H26N6O. The average molecular weight is 354 g/mol. The molecular weight excluding hydrogens is 328 g/mol. The molecule has 0 spiro atoms. The summed E-state index contributed by atoms with van der Waals surface area (Å²) in [7, 11) is 1.65. The molecule has 7 heteroatoms. The van der Waals surface area contributed by atoms with Crippen LogP contribution in [0.15, 0.2) is 18.3 Å². The largest absolute Gasteiger partial charge is 0.355 e. The van der Waals surface area contributed by atoms with Crippen molar-refractivity contribution in [2.45, 2.75) is 38.5 Å². The number of aromatic nitrogens is 4. The van der Waals surface area contributed by atoms with Crippen molar-refractivity contribution in [2.24, 2.45) is 11.8 Å². The fourth-order valence-corrected chi connectivity index (χ4v) is 3.97. The Kier molecular flexibility index (Phi) is 4.38. The quantitative estimate of drug-likeness (QED) is 0.860. The standard InChI is InChI=1S/C19H26N6O/c1-11(2)16-22-17(24-23-16)15-10-25(9-14(15)12-6-7-12)18-13(19(26)20-3)5-4-8-21-18/h4-5,8,11-12,14-15H,6-7,9-10H2,1-3H3,(H,20,26)(H,22,23,24)/t14-,15+/m1/s1. The number of rotatable bonds is 5. The first-order valence-electron chi connectivity index (χ1n) is 9.42. The molecule has 0 bridgehead atoms. The van der Waals surface area contributed by atoms with E-state index in [2.05, 4.69) is 39.2 Å². The fourth-order valence-electron chi connectivity index (χ4n) is 3.97. The molecule has 2 aliphatic rings. The summed E-state index contributed by atoms with van der Waals surface area (Å²) in [6.45, 7) is 5.94. The molecule has 7 nitrogen and oxygen atoms in total. The second-order valence-electron chi connectivity index (χ2n) is 7.70. The molecule has 1 amide bonds. The number of nitrogens with zero attached hydrogens (tertiary/aromatic N) is 4. The summed E-state index contributed by atoms with van der Waals surface area (Å²) in [6.07, 6.45) is 4.32. The molecule has 2 aromatic rings. The van der Waals surface area contributed by atoms with Crippen LogP contribution < -0.4 is 10.2 Å². The lowest BCUT2D eigenvalue weighted by atomic mass is 9.91. The Morgan fingerprint density at radius 3 is 2.81 bits per heavy atom. The van der Waals surface area contributed by atoms with Crippen LogP contribution in [0.4, 0.5) is 5.82 Å². The predicted octanol–water partition coefficient (Wildman–Crippen LogP) is 2.31. The summed E-state index contributed by atoms with van der Waals surface area (Å²) in [4.78, 5) is 23.8. The van der Waals surface area contributed by atoms with Gasteiger partial charge in [0.2, 0.25) is 0 Å². The number of pyridine rings is 1. The van der Waals surface area contributed by atoms with Crippen molar-refractivity contribution in [3.8, 4) is 0 Å². The van der Waals surface area contributed by atoms with Crippen molar-refractivity contribution in [3.05, 3.63) is 35.5 Å². The Bertz CT molecular complexity index is 797. The second kappa shape index (κ2) is 6.70. The number of carbonyl (C=O) groups is 1. The van der Waals surface area contributed by atoms with E-state index in [0.717, 1.165) is 36.5 Å². The number of aromatic amines is 1. The molecule has 2 N–H and O–H groups in total. The van der Waals surface area contributed by atoms with Crippen LogP contribution in [0.2, 0.25) is 0 Å². The number of carbonyl (C=O) groups excluding carboxylic acids is 1. The molecule has 1 saturated carbocycles. The third-order valence-corrected chi connectivity index (χ3v) is 5.54. The smallest absolute Gasteiger partial charge is 0.254 e. The first kappa shape index (κ1) is 17.0. The summed E-state index contributed by atoms with van der Waals surface area (Å²) >= 11 is 0. The minimum Gasteiger partial charge on any atom is -0.355 e. The zero-order valence-electron chi connectivity index (χ0n) is 15.6. The van der Waals surface area contributed by atoms with Crippen LogP contribution in [-0.2, 0) is 0 Å². The average Bonchev–Trinajstić information content (AvgIpc) is 3.21. The maximum Gasteiger partial charge on any atom is 0.254 e. The Labute approximate surface area is 153 Å². The van der Waals surface area contributed by atoms with Gasteiger partial charge in [-0.05, 0) is 36.8 Å². The highest BCUT2D eigenvalue weighted by molar-refractivity contribution is 5.98. The van der Waals surface area contributed by atoms with Crippen LogP contribution in [0.1, 0.15) is 60.5 Å². The monoisotopic (exact) mass is 354 g/mol. The van der Waals surface area contributed by atoms with E-state index in [1.54, 1.807) is 13.2 Å². The number of hydrogen-bond acceptors (Lipinski definition) is 5. The van der Waals surface area contributed by atoms with Gasteiger partial charge in [0.1, 0.15) is 11.6 Å². The fraction of sp³-hybridized carbons (Fsp3) is 0.579. The molecule has 2 atom stereocenters. The van der Waals surface area contributed by atoms with Crippen molar-refractivity contribution in [1.29, 1.82) is 0 Å². The van der Waals surface area contributed by atoms with Gasteiger partial charge in [0.25, 0.3) is 5.91 Å². The van der Waals surface area contributed by atoms with Crippen molar-refractivity contribution in [1.82, 2.24) is 25.5 Å². The van der Waals surface area contributed by atoms with Crippen LogP contribution in [0.25, 0.3) is 0 Å². The zero-order valence-corrected chi connectivity index (χ0v) is 15.6. The van der Waals surface area contributed by atoms with E-state index in [-0.39, 0.29) is 5.91 Å². The van der Waals surface area contributed by atoms with Gasteiger partial charge in [-0.25, -0.2) is 9.97 Å². The Hall–Kier alpha value is -2.44. The lowest BCUT2D eigenvalue weighted by Gasteiger charge is -2.20. The van der Waals surface area contributed by atoms with Gasteiger partial charge in [-0.15, -0.1) is 0 Å². The van der Waals surface area contributed by atoms with E-state index in [1.165, 1.54) is 12.8 Å². The second-order valence-corrected chi connectivity index (χ2v) is 7.70.